The number of rotatable bonds is 8. The van der Waals surface area contributed by atoms with E-state index in [4.69, 9.17) is 11.6 Å². The monoisotopic (exact) mass is 384 g/mol. The van der Waals surface area contributed by atoms with Gasteiger partial charge in [0.1, 0.15) is 5.15 Å². The zero-order valence-electron chi connectivity index (χ0n) is 15.1. The number of hydrazone groups is 1. The first-order chi connectivity index (χ1) is 13.1. The Kier molecular flexibility index (Phi) is 6.08. The summed E-state index contributed by atoms with van der Waals surface area (Å²) in [7, 11) is 0. The fraction of sp³-hybridized carbons (Fsp3) is 0.250. The molecule has 0 aliphatic carbocycles. The Balaban J connectivity index is 1.86. The van der Waals surface area contributed by atoms with Gasteiger partial charge in [0.2, 0.25) is 0 Å². The van der Waals surface area contributed by atoms with Gasteiger partial charge in [-0.2, -0.15) is 5.10 Å². The van der Waals surface area contributed by atoms with Crippen LogP contribution in [-0.4, -0.2) is 15.7 Å². The number of aryl methyl sites for hydroxylation is 1. The van der Waals surface area contributed by atoms with E-state index in [1.54, 1.807) is 18.3 Å². The van der Waals surface area contributed by atoms with Crippen LogP contribution in [0.4, 0.5) is 11.4 Å². The quantitative estimate of drug-likeness (QED) is 0.229. The number of nitrogens with one attached hydrogen (secondary N) is 1. The number of aromatic nitrogens is 1. The van der Waals surface area contributed by atoms with Gasteiger partial charge in [-0.1, -0.05) is 55.6 Å². The molecule has 0 fully saturated rings. The maximum absolute atomic E-state index is 10.9. The summed E-state index contributed by atoms with van der Waals surface area (Å²) in [6.07, 6.45) is 5.04. The average Bonchev–Trinajstić information content (AvgIpc) is 2.94. The molecule has 0 aliphatic rings. The van der Waals surface area contributed by atoms with Crippen molar-refractivity contribution in [3.8, 4) is 0 Å². The predicted molar refractivity (Wildman–Crippen MR) is 111 cm³/mol. The van der Waals surface area contributed by atoms with E-state index in [0.717, 1.165) is 42.3 Å². The van der Waals surface area contributed by atoms with Gasteiger partial charge in [0.15, 0.2) is 0 Å². The molecule has 6 nitrogen and oxygen atoms in total. The molecule has 0 radical (unpaired) electrons. The van der Waals surface area contributed by atoms with Gasteiger partial charge in [0.05, 0.1) is 16.8 Å². The summed E-state index contributed by atoms with van der Waals surface area (Å²) < 4.78 is 2.11. The molecule has 27 heavy (non-hydrogen) atoms. The van der Waals surface area contributed by atoms with Crippen molar-refractivity contribution in [1.29, 1.82) is 0 Å². The van der Waals surface area contributed by atoms with Gasteiger partial charge < -0.3 is 4.57 Å². The molecule has 0 saturated carbocycles. The fourth-order valence-corrected chi connectivity index (χ4v) is 3.35. The number of hydrogen-bond donors (Lipinski definition) is 1. The lowest BCUT2D eigenvalue weighted by atomic mass is 10.2. The highest BCUT2D eigenvalue weighted by Crippen LogP contribution is 2.29. The molecular weight excluding hydrogens is 364 g/mol. The van der Waals surface area contributed by atoms with Crippen LogP contribution < -0.4 is 5.43 Å². The number of halogens is 1. The van der Waals surface area contributed by atoms with E-state index in [1.807, 2.05) is 18.2 Å². The third-order valence-corrected chi connectivity index (χ3v) is 4.78. The highest BCUT2D eigenvalue weighted by Gasteiger charge is 2.13. The van der Waals surface area contributed by atoms with Crippen LogP contribution in [0.1, 0.15) is 31.7 Å². The molecule has 0 spiro atoms. The highest BCUT2D eigenvalue weighted by molar-refractivity contribution is 6.34. The lowest BCUT2D eigenvalue weighted by molar-refractivity contribution is -0.384. The predicted octanol–water partition coefficient (Wildman–Crippen LogP) is 5.84. The Morgan fingerprint density at radius 1 is 1.22 bits per heavy atom. The van der Waals surface area contributed by atoms with Gasteiger partial charge in [-0.3, -0.25) is 15.5 Å². The maximum Gasteiger partial charge on any atom is 0.271 e. The molecule has 0 bridgehead atoms. The molecule has 3 aromatic rings. The summed E-state index contributed by atoms with van der Waals surface area (Å²) in [5.74, 6) is 0. The molecule has 0 saturated heterocycles. The Hall–Kier alpha value is -2.86. The largest absolute Gasteiger partial charge is 0.331 e. The number of unbranched alkanes of at least 4 members (excludes halogenated alkanes) is 2. The number of fused-ring (bicyclic) bond motifs is 1. The first kappa shape index (κ1) is 18.9. The van der Waals surface area contributed by atoms with E-state index in [2.05, 4.69) is 28.1 Å². The first-order valence-corrected chi connectivity index (χ1v) is 9.30. The van der Waals surface area contributed by atoms with Crippen molar-refractivity contribution in [1.82, 2.24) is 4.57 Å². The molecule has 0 amide bonds. The van der Waals surface area contributed by atoms with Crippen LogP contribution in [0.15, 0.2) is 53.6 Å². The lowest BCUT2D eigenvalue weighted by Gasteiger charge is -2.06. The highest BCUT2D eigenvalue weighted by atomic mass is 35.5. The van der Waals surface area contributed by atoms with Crippen molar-refractivity contribution in [2.45, 2.75) is 32.7 Å². The zero-order chi connectivity index (χ0) is 19.2. The van der Waals surface area contributed by atoms with Crippen LogP contribution in [0.5, 0.6) is 0 Å². The Morgan fingerprint density at radius 2 is 2.04 bits per heavy atom. The van der Waals surface area contributed by atoms with Crippen molar-refractivity contribution < 1.29 is 4.92 Å². The molecule has 0 unspecified atom stereocenters. The van der Waals surface area contributed by atoms with Crippen molar-refractivity contribution in [3.05, 3.63) is 69.4 Å². The Bertz CT molecular complexity index is 981. The summed E-state index contributed by atoms with van der Waals surface area (Å²) in [6.45, 7) is 3.03. The number of anilines is 1. The third kappa shape index (κ3) is 4.28. The molecule has 7 heteroatoms. The normalized spacial score (nSPS) is 11.3. The minimum absolute atomic E-state index is 0.0146. The van der Waals surface area contributed by atoms with E-state index < -0.39 is 4.92 Å². The third-order valence-electron chi connectivity index (χ3n) is 4.37. The van der Waals surface area contributed by atoms with Crippen LogP contribution in [0, 0.1) is 10.1 Å². The van der Waals surface area contributed by atoms with Gasteiger partial charge >= 0.3 is 0 Å². The van der Waals surface area contributed by atoms with Crippen LogP contribution in [0.2, 0.25) is 5.15 Å². The van der Waals surface area contributed by atoms with E-state index in [9.17, 15) is 10.1 Å². The standard InChI is InChI=1S/C20H21ClN4O2/c1-2-3-6-12-24-19-11-5-4-10-17(19)18(20(24)21)14-22-23-15-8-7-9-16(13-15)25(26)27/h4-5,7-11,13-14,23H,2-3,6,12H2,1H3/b22-14-. The molecule has 1 N–H and O–H groups in total. The van der Waals surface area contributed by atoms with Gasteiger partial charge in [-0.15, -0.1) is 0 Å². The second-order valence-electron chi connectivity index (χ2n) is 6.26. The second kappa shape index (κ2) is 8.68. The van der Waals surface area contributed by atoms with Crippen LogP contribution in [-0.2, 0) is 6.54 Å². The number of benzene rings is 2. The molecule has 0 aliphatic heterocycles. The molecule has 1 aromatic heterocycles. The fourth-order valence-electron chi connectivity index (χ4n) is 3.02. The second-order valence-corrected chi connectivity index (χ2v) is 6.62. The van der Waals surface area contributed by atoms with Crippen LogP contribution >= 0.6 is 11.6 Å². The molecular formula is C20H21ClN4O2. The SMILES string of the molecule is CCCCCn1c(Cl)c(/C=N\Nc2cccc([N+](=O)[O-])c2)c2ccccc21. The van der Waals surface area contributed by atoms with E-state index in [0.29, 0.717) is 10.8 Å². The topological polar surface area (TPSA) is 72.5 Å². The van der Waals surface area contributed by atoms with Crippen molar-refractivity contribution >= 4 is 40.1 Å². The number of hydrogen-bond acceptors (Lipinski definition) is 4. The molecule has 2 aromatic carbocycles. The summed E-state index contributed by atoms with van der Waals surface area (Å²) in [5.41, 5.74) is 5.31. The minimum Gasteiger partial charge on any atom is -0.331 e. The Morgan fingerprint density at radius 3 is 2.81 bits per heavy atom. The van der Waals surface area contributed by atoms with E-state index >= 15 is 0 Å². The number of para-hydroxylation sites is 1. The summed E-state index contributed by atoms with van der Waals surface area (Å²) in [6, 6.07) is 14.3. The van der Waals surface area contributed by atoms with Crippen molar-refractivity contribution in [3.63, 3.8) is 0 Å². The summed E-state index contributed by atoms with van der Waals surface area (Å²) in [5, 5.41) is 16.8. The van der Waals surface area contributed by atoms with Gasteiger partial charge in [-0.05, 0) is 18.6 Å². The van der Waals surface area contributed by atoms with Gasteiger partial charge in [0.25, 0.3) is 5.69 Å². The molecule has 0 atom stereocenters. The smallest absolute Gasteiger partial charge is 0.271 e. The summed E-state index contributed by atoms with van der Waals surface area (Å²) >= 11 is 6.63. The van der Waals surface area contributed by atoms with Gasteiger partial charge in [-0.25, -0.2) is 0 Å². The molecule has 1 heterocycles. The van der Waals surface area contributed by atoms with Crippen molar-refractivity contribution in [2.75, 3.05) is 5.43 Å². The number of nitro groups is 1. The number of nitrogens with zero attached hydrogens (tertiary/aromatic N) is 3. The zero-order valence-corrected chi connectivity index (χ0v) is 15.8. The molecule has 3 rings (SSSR count). The van der Waals surface area contributed by atoms with Crippen LogP contribution in [0.3, 0.4) is 0 Å². The lowest BCUT2D eigenvalue weighted by Crippen LogP contribution is -1.98. The maximum atomic E-state index is 10.9. The number of non-ortho nitro benzene ring substituents is 1. The Labute approximate surface area is 162 Å². The van der Waals surface area contributed by atoms with E-state index in [-0.39, 0.29) is 5.69 Å². The summed E-state index contributed by atoms with van der Waals surface area (Å²) in [4.78, 5) is 10.4. The molecule has 140 valence electrons. The first-order valence-electron chi connectivity index (χ1n) is 8.92. The average molecular weight is 385 g/mol. The van der Waals surface area contributed by atoms with Gasteiger partial charge in [0, 0.05) is 35.1 Å². The number of nitro benzene ring substituents is 1. The van der Waals surface area contributed by atoms with Crippen LogP contribution in [0.25, 0.3) is 10.9 Å². The van der Waals surface area contributed by atoms with E-state index in [1.165, 1.54) is 12.1 Å². The minimum atomic E-state index is -0.435. The van der Waals surface area contributed by atoms with Crippen molar-refractivity contribution in [2.24, 2.45) is 5.10 Å².